The van der Waals surface area contributed by atoms with E-state index in [9.17, 15) is 26.7 Å². The summed E-state index contributed by atoms with van der Waals surface area (Å²) in [7, 11) is 0. The molecule has 0 heterocycles. The molecule has 0 amide bonds. The number of benzene rings is 2. The van der Waals surface area contributed by atoms with Gasteiger partial charge in [0.25, 0.3) is 0 Å². The summed E-state index contributed by atoms with van der Waals surface area (Å²) < 4.78 is 70.0. The van der Waals surface area contributed by atoms with Crippen molar-refractivity contribution in [2.24, 2.45) is 0 Å². The molecule has 0 aliphatic carbocycles. The number of rotatable bonds is 7. The van der Waals surface area contributed by atoms with Crippen LogP contribution in [0.5, 0.6) is 0 Å². The fraction of sp³-hybridized carbons (Fsp3) is 0.188. The molecule has 0 aliphatic rings. The van der Waals surface area contributed by atoms with E-state index in [0.29, 0.717) is 6.42 Å². The Morgan fingerprint density at radius 2 is 1.42 bits per heavy atom. The fourth-order valence-electron chi connectivity index (χ4n) is 1.85. The molecule has 24 heavy (non-hydrogen) atoms. The molecule has 0 bridgehead atoms. The molecule has 0 radical (unpaired) electrons. The standard InChI is InChI=1S/C16H11F5O2Se/c17-11-10(12(18)14(20)15(21)13(11)19)16(22)24-8-23-7-6-9-4-2-1-3-5-9/h1-5H,6-8H2. The van der Waals surface area contributed by atoms with Crippen LogP contribution in [0, 0.1) is 29.1 Å². The second-order valence-corrected chi connectivity index (χ2v) is 6.52. The molecule has 0 aromatic heterocycles. The van der Waals surface area contributed by atoms with Crippen LogP contribution in [0.1, 0.15) is 15.9 Å². The molecule has 8 heteroatoms. The number of ether oxygens (including phenoxy) is 1. The van der Waals surface area contributed by atoms with Gasteiger partial charge in [-0.1, -0.05) is 0 Å². The van der Waals surface area contributed by atoms with E-state index in [1.165, 1.54) is 0 Å². The molecule has 2 rings (SSSR count). The Labute approximate surface area is 140 Å². The zero-order valence-electron chi connectivity index (χ0n) is 12.1. The molecular weight excluding hydrogens is 398 g/mol. The summed E-state index contributed by atoms with van der Waals surface area (Å²) in [5, 5.41) is 0. The van der Waals surface area contributed by atoms with Crippen LogP contribution in [-0.2, 0) is 11.2 Å². The van der Waals surface area contributed by atoms with Crippen LogP contribution >= 0.6 is 0 Å². The third-order valence-corrected chi connectivity index (χ3v) is 4.64. The number of carbonyl (C=O) groups is 1. The van der Waals surface area contributed by atoms with Gasteiger partial charge in [-0.2, -0.15) is 0 Å². The maximum atomic E-state index is 13.5. The molecule has 2 aromatic carbocycles. The van der Waals surface area contributed by atoms with Crippen LogP contribution in [0.2, 0.25) is 0 Å². The van der Waals surface area contributed by atoms with E-state index in [-0.39, 0.29) is 12.1 Å². The van der Waals surface area contributed by atoms with Crippen LogP contribution in [0.25, 0.3) is 0 Å². The average molecular weight is 409 g/mol. The predicted octanol–water partition coefficient (Wildman–Crippen LogP) is 3.44. The molecule has 0 spiro atoms. The zero-order chi connectivity index (χ0) is 17.7. The van der Waals surface area contributed by atoms with Gasteiger partial charge in [0.1, 0.15) is 0 Å². The van der Waals surface area contributed by atoms with Crippen molar-refractivity contribution in [3.63, 3.8) is 0 Å². The third-order valence-electron chi connectivity index (χ3n) is 3.07. The Balaban J connectivity index is 1.91. The SMILES string of the molecule is O=C([Se]COCCc1ccccc1)c1c(F)c(F)c(F)c(F)c1F. The first-order valence-corrected chi connectivity index (χ1v) is 8.80. The molecule has 128 valence electrons. The Morgan fingerprint density at radius 1 is 0.875 bits per heavy atom. The number of hydrogen-bond donors (Lipinski definition) is 0. The Hall–Kier alpha value is -1.76. The predicted molar refractivity (Wildman–Crippen MR) is 77.3 cm³/mol. The van der Waals surface area contributed by atoms with Crippen molar-refractivity contribution in [3.05, 3.63) is 70.5 Å². The van der Waals surface area contributed by atoms with Crippen molar-refractivity contribution >= 4 is 19.6 Å². The van der Waals surface area contributed by atoms with Crippen molar-refractivity contribution in [2.75, 3.05) is 12.1 Å². The Bertz CT molecular complexity index is 708. The van der Waals surface area contributed by atoms with Gasteiger partial charge in [0.15, 0.2) is 0 Å². The summed E-state index contributed by atoms with van der Waals surface area (Å²) >= 11 is -1.10. The summed E-state index contributed by atoms with van der Waals surface area (Å²) in [6.45, 7) is 0.274. The van der Waals surface area contributed by atoms with E-state index < -0.39 is 54.3 Å². The molecule has 0 saturated heterocycles. The molecule has 2 aromatic rings. The first kappa shape index (κ1) is 18.6. The van der Waals surface area contributed by atoms with E-state index >= 15 is 0 Å². The quantitative estimate of drug-likeness (QED) is 0.230. The van der Waals surface area contributed by atoms with Crippen LogP contribution in [-0.4, -0.2) is 31.8 Å². The van der Waals surface area contributed by atoms with E-state index in [2.05, 4.69) is 0 Å². The van der Waals surface area contributed by atoms with Crippen molar-refractivity contribution in [1.82, 2.24) is 0 Å². The van der Waals surface area contributed by atoms with Crippen molar-refractivity contribution in [3.8, 4) is 0 Å². The van der Waals surface area contributed by atoms with Crippen molar-refractivity contribution in [2.45, 2.75) is 6.42 Å². The summed E-state index contributed by atoms with van der Waals surface area (Å²) in [5.41, 5.74) is -0.521. The zero-order valence-corrected chi connectivity index (χ0v) is 13.8. The minimum absolute atomic E-state index is 0.127. The summed E-state index contributed by atoms with van der Waals surface area (Å²) in [4.78, 5) is 11.7. The van der Waals surface area contributed by atoms with E-state index in [4.69, 9.17) is 4.74 Å². The fourth-order valence-corrected chi connectivity index (χ4v) is 3.17. The summed E-state index contributed by atoms with van der Waals surface area (Å²) in [6.07, 6.45) is 0.577. The second kappa shape index (κ2) is 8.37. The van der Waals surface area contributed by atoms with E-state index in [1.807, 2.05) is 30.3 Å². The number of hydrogen-bond acceptors (Lipinski definition) is 2. The monoisotopic (exact) mass is 410 g/mol. The van der Waals surface area contributed by atoms with Gasteiger partial charge < -0.3 is 0 Å². The van der Waals surface area contributed by atoms with E-state index in [0.717, 1.165) is 5.56 Å². The minimum atomic E-state index is -2.28. The van der Waals surface area contributed by atoms with Crippen LogP contribution in [0.3, 0.4) is 0 Å². The Kier molecular flexibility index (Phi) is 6.48. The van der Waals surface area contributed by atoms with Gasteiger partial charge in [0, 0.05) is 0 Å². The number of halogens is 5. The average Bonchev–Trinajstić information content (AvgIpc) is 2.59. The van der Waals surface area contributed by atoms with Crippen molar-refractivity contribution in [1.29, 1.82) is 0 Å². The van der Waals surface area contributed by atoms with Crippen LogP contribution in [0.15, 0.2) is 30.3 Å². The Morgan fingerprint density at radius 3 is 2.00 bits per heavy atom. The first-order chi connectivity index (χ1) is 11.4. The normalized spacial score (nSPS) is 10.9. The molecule has 0 unspecified atom stereocenters. The van der Waals surface area contributed by atoms with Gasteiger partial charge in [0.05, 0.1) is 0 Å². The van der Waals surface area contributed by atoms with Gasteiger partial charge in [-0.25, -0.2) is 0 Å². The van der Waals surface area contributed by atoms with Gasteiger partial charge >= 0.3 is 140 Å². The molecular formula is C16H11F5O2Se. The van der Waals surface area contributed by atoms with Gasteiger partial charge in [-0.05, 0) is 0 Å². The molecule has 0 N–H and O–H groups in total. The van der Waals surface area contributed by atoms with E-state index in [1.54, 1.807) is 0 Å². The van der Waals surface area contributed by atoms with Gasteiger partial charge in [-0.15, -0.1) is 0 Å². The summed E-state index contributed by atoms with van der Waals surface area (Å²) in [6, 6.07) is 9.33. The van der Waals surface area contributed by atoms with Crippen LogP contribution < -0.4 is 0 Å². The van der Waals surface area contributed by atoms with Gasteiger partial charge in [-0.3, -0.25) is 0 Å². The number of carbonyl (C=O) groups excluding carboxylic acids is 1. The third kappa shape index (κ3) is 4.20. The summed E-state index contributed by atoms with van der Waals surface area (Å²) in [5.74, 6) is -10.8. The van der Waals surface area contributed by atoms with Crippen LogP contribution in [0.4, 0.5) is 22.0 Å². The maximum absolute atomic E-state index is 13.5. The molecule has 0 fully saturated rings. The topological polar surface area (TPSA) is 26.3 Å². The molecule has 0 saturated carbocycles. The first-order valence-electron chi connectivity index (χ1n) is 6.73. The molecule has 2 nitrogen and oxygen atoms in total. The second-order valence-electron chi connectivity index (χ2n) is 4.64. The van der Waals surface area contributed by atoms with Crippen molar-refractivity contribution < 1.29 is 31.5 Å². The molecule has 0 aliphatic heterocycles. The van der Waals surface area contributed by atoms with Gasteiger partial charge in [0.2, 0.25) is 0 Å². The molecule has 0 atom stereocenters.